The van der Waals surface area contributed by atoms with Crippen LogP contribution >= 0.6 is 0 Å². The first kappa shape index (κ1) is 17.0. The average Bonchev–Trinajstić information content (AvgIpc) is 2.81. The lowest BCUT2D eigenvalue weighted by atomic mass is 9.77. The smallest absolute Gasteiger partial charge is 0.229 e. The molecule has 3 heteroatoms. The largest absolute Gasteiger partial charge is 0.336 e. The molecule has 2 aliphatic heterocycles. The monoisotopic (exact) mass is 324 g/mol. The van der Waals surface area contributed by atoms with Gasteiger partial charge in [0.2, 0.25) is 5.91 Å². The van der Waals surface area contributed by atoms with Gasteiger partial charge in [0.15, 0.2) is 0 Å². The Morgan fingerprint density at radius 3 is 2.62 bits per heavy atom. The quantitative estimate of drug-likeness (QED) is 0.838. The van der Waals surface area contributed by atoms with E-state index in [-0.39, 0.29) is 23.4 Å². The average molecular weight is 324 g/mol. The van der Waals surface area contributed by atoms with E-state index in [1.807, 2.05) is 12.2 Å². The summed E-state index contributed by atoms with van der Waals surface area (Å²) in [6.07, 6.45) is 6.10. The highest BCUT2D eigenvalue weighted by Crippen LogP contribution is 2.47. The summed E-state index contributed by atoms with van der Waals surface area (Å²) in [6.45, 7) is 13.7. The molecule has 0 saturated carbocycles. The molecule has 128 valence electrons. The van der Waals surface area contributed by atoms with Crippen molar-refractivity contribution < 1.29 is 4.79 Å². The lowest BCUT2D eigenvalue weighted by Crippen LogP contribution is -2.51. The van der Waals surface area contributed by atoms with Gasteiger partial charge in [-0.05, 0) is 44.2 Å². The molecular weight excluding hydrogens is 296 g/mol. The van der Waals surface area contributed by atoms with Gasteiger partial charge in [0.1, 0.15) is 0 Å². The number of hydrogen-bond acceptors (Lipinski definition) is 2. The summed E-state index contributed by atoms with van der Waals surface area (Å²) in [5.74, 6) is 0.281. The molecule has 24 heavy (non-hydrogen) atoms. The predicted octanol–water partition coefficient (Wildman–Crippen LogP) is 3.69. The van der Waals surface area contributed by atoms with Crippen LogP contribution in [0.5, 0.6) is 0 Å². The second-order valence-electron chi connectivity index (χ2n) is 7.33. The Morgan fingerprint density at radius 2 is 2.00 bits per heavy atom. The van der Waals surface area contributed by atoms with Gasteiger partial charge in [-0.1, -0.05) is 35.9 Å². The molecule has 3 nitrogen and oxygen atoms in total. The van der Waals surface area contributed by atoms with Gasteiger partial charge < -0.3 is 10.2 Å². The molecule has 0 spiro atoms. The molecule has 2 saturated heterocycles. The topological polar surface area (TPSA) is 32.3 Å². The minimum Gasteiger partial charge on any atom is -0.336 e. The highest BCUT2D eigenvalue weighted by Gasteiger charge is 2.53. The van der Waals surface area contributed by atoms with E-state index in [9.17, 15) is 4.79 Å². The van der Waals surface area contributed by atoms with Crippen LogP contribution in [0, 0.1) is 19.3 Å². The van der Waals surface area contributed by atoms with Crippen LogP contribution in [0.4, 0.5) is 0 Å². The molecule has 2 atom stereocenters. The Bertz CT molecular complexity index is 654. The first-order valence-corrected chi connectivity index (χ1v) is 8.86. The van der Waals surface area contributed by atoms with E-state index in [2.05, 4.69) is 55.4 Å². The molecule has 0 aromatic heterocycles. The van der Waals surface area contributed by atoms with Crippen molar-refractivity contribution in [2.75, 3.05) is 13.1 Å². The number of benzene rings is 1. The second-order valence-corrected chi connectivity index (χ2v) is 7.33. The van der Waals surface area contributed by atoms with Crippen LogP contribution in [-0.4, -0.2) is 29.9 Å². The van der Waals surface area contributed by atoms with Gasteiger partial charge in [-0.25, -0.2) is 0 Å². The normalized spacial score (nSPS) is 25.4. The van der Waals surface area contributed by atoms with Crippen molar-refractivity contribution in [2.45, 2.75) is 45.2 Å². The Morgan fingerprint density at radius 1 is 1.29 bits per heavy atom. The summed E-state index contributed by atoms with van der Waals surface area (Å²) in [5, 5.41) is 3.66. The van der Waals surface area contributed by atoms with E-state index in [1.165, 1.54) is 16.7 Å². The lowest BCUT2D eigenvalue weighted by molar-refractivity contribution is -0.137. The van der Waals surface area contributed by atoms with Crippen LogP contribution in [0.3, 0.4) is 0 Å². The number of piperazine rings is 1. The van der Waals surface area contributed by atoms with Crippen LogP contribution in [0.2, 0.25) is 0 Å². The van der Waals surface area contributed by atoms with E-state index in [4.69, 9.17) is 0 Å². The van der Waals surface area contributed by atoms with Gasteiger partial charge in [0.25, 0.3) is 0 Å². The molecule has 3 rings (SSSR count). The predicted molar refractivity (Wildman–Crippen MR) is 98.8 cm³/mol. The Balaban J connectivity index is 1.96. The number of rotatable bonds is 5. The van der Waals surface area contributed by atoms with Crippen molar-refractivity contribution in [3.05, 3.63) is 60.2 Å². The molecule has 2 fully saturated rings. The number of allylic oxidation sites excluding steroid dienone is 2. The zero-order valence-electron chi connectivity index (χ0n) is 14.8. The van der Waals surface area contributed by atoms with Gasteiger partial charge in [0.05, 0.1) is 17.5 Å². The van der Waals surface area contributed by atoms with E-state index >= 15 is 0 Å². The Hall–Kier alpha value is -1.87. The summed E-state index contributed by atoms with van der Waals surface area (Å²) >= 11 is 0. The van der Waals surface area contributed by atoms with Crippen molar-refractivity contribution in [1.29, 1.82) is 0 Å². The Kier molecular flexibility index (Phi) is 4.64. The number of carbonyl (C=O) groups is 1. The minimum atomic E-state index is -0.350. The summed E-state index contributed by atoms with van der Waals surface area (Å²) in [6, 6.07) is 7.04. The highest BCUT2D eigenvalue weighted by atomic mass is 16.2. The SMILES string of the molecule is C=CCC1(CC=C)CC2[C@H](c3ccc(C)cc3C)NCCN2C1=O. The maximum absolute atomic E-state index is 13.2. The summed E-state index contributed by atoms with van der Waals surface area (Å²) in [7, 11) is 0. The van der Waals surface area contributed by atoms with Gasteiger partial charge >= 0.3 is 0 Å². The molecule has 1 aromatic carbocycles. The molecule has 1 unspecified atom stereocenters. The summed E-state index contributed by atoms with van der Waals surface area (Å²) in [5.41, 5.74) is 3.54. The first-order valence-electron chi connectivity index (χ1n) is 8.86. The number of amides is 1. The molecule has 0 aliphatic carbocycles. The Labute approximate surface area is 145 Å². The van der Waals surface area contributed by atoms with Gasteiger partial charge in [-0.2, -0.15) is 0 Å². The molecular formula is C21H28N2O. The summed E-state index contributed by atoms with van der Waals surface area (Å²) < 4.78 is 0. The van der Waals surface area contributed by atoms with Gasteiger partial charge in [-0.3, -0.25) is 4.79 Å². The molecule has 0 radical (unpaired) electrons. The zero-order chi connectivity index (χ0) is 17.3. The van der Waals surface area contributed by atoms with E-state index in [0.717, 1.165) is 32.4 Å². The zero-order valence-corrected chi connectivity index (χ0v) is 14.8. The number of nitrogens with zero attached hydrogens (tertiary/aromatic N) is 1. The maximum atomic E-state index is 13.2. The van der Waals surface area contributed by atoms with E-state index in [1.54, 1.807) is 0 Å². The van der Waals surface area contributed by atoms with Crippen molar-refractivity contribution in [3.8, 4) is 0 Å². The van der Waals surface area contributed by atoms with Gasteiger partial charge in [-0.15, -0.1) is 13.2 Å². The second kappa shape index (κ2) is 6.56. The fourth-order valence-electron chi connectivity index (χ4n) is 4.56. The molecule has 1 aromatic rings. The lowest BCUT2D eigenvalue weighted by Gasteiger charge is -2.38. The van der Waals surface area contributed by atoms with Gasteiger partial charge in [0, 0.05) is 13.1 Å². The molecule has 1 N–H and O–H groups in total. The number of nitrogens with one attached hydrogen (secondary N) is 1. The van der Waals surface area contributed by atoms with Crippen LogP contribution in [0.25, 0.3) is 0 Å². The van der Waals surface area contributed by atoms with Crippen molar-refractivity contribution in [3.63, 3.8) is 0 Å². The molecule has 2 aliphatic rings. The third kappa shape index (κ3) is 2.71. The fourth-order valence-corrected chi connectivity index (χ4v) is 4.56. The van der Waals surface area contributed by atoms with Crippen LogP contribution in [0.15, 0.2) is 43.5 Å². The number of hydrogen-bond donors (Lipinski definition) is 1. The van der Waals surface area contributed by atoms with Crippen LogP contribution < -0.4 is 5.32 Å². The standard InChI is InChI=1S/C21H28N2O/c1-5-9-21(10-6-2)14-18-19(22-11-12-23(18)20(21)24)17-8-7-15(3)13-16(17)4/h5-8,13,18-19,22H,1-2,9-12,14H2,3-4H3/t18?,19-/m0/s1. The maximum Gasteiger partial charge on any atom is 0.229 e. The highest BCUT2D eigenvalue weighted by molar-refractivity contribution is 5.86. The van der Waals surface area contributed by atoms with Crippen molar-refractivity contribution >= 4 is 5.91 Å². The number of fused-ring (bicyclic) bond motifs is 1. The minimum absolute atomic E-state index is 0.208. The molecule has 0 bridgehead atoms. The fraction of sp³-hybridized carbons (Fsp3) is 0.476. The number of aryl methyl sites for hydroxylation is 2. The summed E-state index contributed by atoms with van der Waals surface area (Å²) in [4.78, 5) is 15.3. The first-order chi connectivity index (χ1) is 11.5. The molecule has 1 amide bonds. The van der Waals surface area contributed by atoms with E-state index in [0.29, 0.717) is 0 Å². The van der Waals surface area contributed by atoms with Crippen LogP contribution in [-0.2, 0) is 4.79 Å². The van der Waals surface area contributed by atoms with Crippen molar-refractivity contribution in [2.24, 2.45) is 5.41 Å². The van der Waals surface area contributed by atoms with E-state index < -0.39 is 0 Å². The van der Waals surface area contributed by atoms with Crippen molar-refractivity contribution in [1.82, 2.24) is 10.2 Å². The third-order valence-electron chi connectivity index (χ3n) is 5.65. The molecule has 2 heterocycles. The number of carbonyl (C=O) groups excluding carboxylic acids is 1. The van der Waals surface area contributed by atoms with Crippen LogP contribution in [0.1, 0.15) is 42.0 Å². The third-order valence-corrected chi connectivity index (χ3v) is 5.65.